The summed E-state index contributed by atoms with van der Waals surface area (Å²) < 4.78 is 7.56. The molecular weight excluding hydrogens is 412 g/mol. The Balaban J connectivity index is 1.15. The number of hydrogen-bond acceptors (Lipinski definition) is 5. The van der Waals surface area contributed by atoms with Crippen molar-refractivity contribution in [3.05, 3.63) is 66.3 Å². The van der Waals surface area contributed by atoms with Gasteiger partial charge in [0, 0.05) is 47.7 Å². The molecule has 8 heteroatoms. The number of nitrogens with zero attached hydrogens (tertiary/aromatic N) is 3. The second-order valence-electron chi connectivity index (χ2n) is 7.28. The minimum atomic E-state index is -0.242. The zero-order chi connectivity index (χ0) is 21.2. The van der Waals surface area contributed by atoms with E-state index in [4.69, 9.17) is 4.74 Å². The molecule has 156 valence electrons. The van der Waals surface area contributed by atoms with Crippen LogP contribution in [0.2, 0.25) is 0 Å². The summed E-state index contributed by atoms with van der Waals surface area (Å²) in [5, 5.41) is 4.83. The number of imidazole rings is 1. The maximum atomic E-state index is 12.2. The van der Waals surface area contributed by atoms with Crippen LogP contribution in [0.4, 0.5) is 11.4 Å². The van der Waals surface area contributed by atoms with Crippen molar-refractivity contribution in [1.29, 1.82) is 0 Å². The molecule has 0 radical (unpaired) electrons. The van der Waals surface area contributed by atoms with Crippen molar-refractivity contribution in [3.8, 4) is 17.0 Å². The third-order valence-corrected chi connectivity index (χ3v) is 5.92. The molecule has 0 bridgehead atoms. The highest BCUT2D eigenvalue weighted by atomic mass is 32.1. The Morgan fingerprint density at radius 1 is 1.13 bits per heavy atom. The number of carbonyl (C=O) groups is 2. The van der Waals surface area contributed by atoms with Crippen LogP contribution in [0.1, 0.15) is 12.8 Å². The van der Waals surface area contributed by atoms with Crippen molar-refractivity contribution in [2.75, 3.05) is 23.4 Å². The number of amides is 2. The quantitative estimate of drug-likeness (QED) is 0.495. The fraction of sp³-hybridized carbons (Fsp3) is 0.174. The van der Waals surface area contributed by atoms with Crippen LogP contribution in [-0.4, -0.2) is 34.4 Å². The van der Waals surface area contributed by atoms with Crippen molar-refractivity contribution >= 4 is 39.5 Å². The number of carbonyl (C=O) groups excluding carboxylic acids is 2. The van der Waals surface area contributed by atoms with Crippen LogP contribution in [0.25, 0.3) is 16.2 Å². The Labute approximate surface area is 182 Å². The van der Waals surface area contributed by atoms with Gasteiger partial charge in [-0.05, 0) is 42.8 Å². The summed E-state index contributed by atoms with van der Waals surface area (Å²) in [6.07, 6.45) is 5.45. The van der Waals surface area contributed by atoms with Crippen LogP contribution in [0.5, 0.6) is 5.75 Å². The molecule has 0 spiro atoms. The van der Waals surface area contributed by atoms with Gasteiger partial charge in [-0.3, -0.25) is 14.0 Å². The van der Waals surface area contributed by atoms with Crippen molar-refractivity contribution in [2.45, 2.75) is 12.8 Å². The molecule has 1 N–H and O–H groups in total. The molecule has 0 saturated carbocycles. The second-order valence-corrected chi connectivity index (χ2v) is 8.15. The largest absolute Gasteiger partial charge is 0.484 e. The van der Waals surface area contributed by atoms with Crippen LogP contribution in [0, 0.1) is 0 Å². The molecule has 1 fully saturated rings. The molecule has 3 heterocycles. The predicted molar refractivity (Wildman–Crippen MR) is 121 cm³/mol. The molecule has 0 unspecified atom stereocenters. The predicted octanol–water partition coefficient (Wildman–Crippen LogP) is 4.21. The number of nitrogens with one attached hydrogen (secondary N) is 1. The van der Waals surface area contributed by atoms with E-state index in [2.05, 4.69) is 10.3 Å². The van der Waals surface area contributed by atoms with E-state index >= 15 is 0 Å². The van der Waals surface area contributed by atoms with E-state index in [0.29, 0.717) is 17.9 Å². The van der Waals surface area contributed by atoms with E-state index in [9.17, 15) is 9.59 Å². The van der Waals surface area contributed by atoms with Crippen molar-refractivity contribution in [1.82, 2.24) is 9.38 Å². The van der Waals surface area contributed by atoms with Gasteiger partial charge in [0.1, 0.15) is 5.75 Å². The van der Waals surface area contributed by atoms with E-state index in [1.54, 1.807) is 28.4 Å². The fourth-order valence-electron chi connectivity index (χ4n) is 3.58. The number of thiazole rings is 1. The summed E-state index contributed by atoms with van der Waals surface area (Å²) in [6.45, 7) is 0.653. The molecular formula is C23H20N4O3S. The van der Waals surface area contributed by atoms with Gasteiger partial charge in [0.25, 0.3) is 5.91 Å². The Kier molecular flexibility index (Phi) is 5.13. The number of aromatic nitrogens is 2. The first kappa shape index (κ1) is 19.3. The Morgan fingerprint density at radius 2 is 1.94 bits per heavy atom. The van der Waals surface area contributed by atoms with Gasteiger partial charge in [0.2, 0.25) is 5.91 Å². The fourth-order valence-corrected chi connectivity index (χ4v) is 4.28. The Hall–Kier alpha value is -3.65. The lowest BCUT2D eigenvalue weighted by Gasteiger charge is -2.16. The molecule has 7 nitrogen and oxygen atoms in total. The van der Waals surface area contributed by atoms with Crippen LogP contribution >= 0.6 is 11.3 Å². The molecule has 1 aliphatic rings. The van der Waals surface area contributed by atoms with Gasteiger partial charge in [-0.1, -0.05) is 12.1 Å². The smallest absolute Gasteiger partial charge is 0.262 e. The highest BCUT2D eigenvalue weighted by Gasteiger charge is 2.21. The van der Waals surface area contributed by atoms with Crippen molar-refractivity contribution in [3.63, 3.8) is 0 Å². The number of ether oxygens (including phenoxy) is 1. The first-order valence-electron chi connectivity index (χ1n) is 10.0. The van der Waals surface area contributed by atoms with Crippen LogP contribution in [-0.2, 0) is 9.59 Å². The number of fused-ring (bicyclic) bond motifs is 1. The van der Waals surface area contributed by atoms with E-state index in [1.165, 1.54) is 0 Å². The van der Waals surface area contributed by atoms with Crippen LogP contribution in [0.3, 0.4) is 0 Å². The molecule has 0 atom stereocenters. The standard InChI is InChI=1S/C23H20N4O3S/c28-21(15-30-19-9-7-18(8-10-19)27-11-1-2-22(27)29)24-17-5-3-16(4-6-17)20-14-26-12-13-31-23(26)25-20/h3-10,12-14H,1-2,11,15H2,(H,24,28). The SMILES string of the molecule is O=C(COc1ccc(N2CCCC2=O)cc1)Nc1ccc(-c2cn3ccsc3n2)cc1. The van der Waals surface area contributed by atoms with E-state index in [0.717, 1.165) is 34.9 Å². The third kappa shape index (κ3) is 4.15. The summed E-state index contributed by atoms with van der Waals surface area (Å²) in [4.78, 5) is 31.4. The number of hydrogen-bond donors (Lipinski definition) is 1. The molecule has 4 aromatic rings. The maximum absolute atomic E-state index is 12.2. The van der Waals surface area contributed by atoms with Gasteiger partial charge in [-0.2, -0.15) is 0 Å². The second kappa shape index (κ2) is 8.23. The molecule has 0 aliphatic carbocycles. The monoisotopic (exact) mass is 432 g/mol. The maximum Gasteiger partial charge on any atom is 0.262 e. The molecule has 31 heavy (non-hydrogen) atoms. The normalized spacial score (nSPS) is 13.7. The Morgan fingerprint density at radius 3 is 2.65 bits per heavy atom. The summed E-state index contributed by atoms with van der Waals surface area (Å²) in [7, 11) is 0. The Bertz CT molecular complexity index is 1200. The molecule has 1 aliphatic heterocycles. The first-order valence-corrected chi connectivity index (χ1v) is 10.9. The van der Waals surface area contributed by atoms with Crippen LogP contribution in [0.15, 0.2) is 66.3 Å². The summed E-state index contributed by atoms with van der Waals surface area (Å²) >= 11 is 1.59. The number of anilines is 2. The summed E-state index contributed by atoms with van der Waals surface area (Å²) in [5.41, 5.74) is 3.44. The van der Waals surface area contributed by atoms with Crippen molar-refractivity contribution < 1.29 is 14.3 Å². The lowest BCUT2D eigenvalue weighted by atomic mass is 10.1. The van der Waals surface area contributed by atoms with Gasteiger partial charge < -0.3 is 15.0 Å². The minimum absolute atomic E-state index is 0.0962. The molecule has 2 aromatic heterocycles. The lowest BCUT2D eigenvalue weighted by molar-refractivity contribution is -0.118. The van der Waals surface area contributed by atoms with E-state index in [1.807, 2.05) is 58.6 Å². The average Bonchev–Trinajstić information content (AvgIpc) is 3.50. The van der Waals surface area contributed by atoms with Gasteiger partial charge >= 0.3 is 0 Å². The van der Waals surface area contributed by atoms with Gasteiger partial charge in [-0.25, -0.2) is 4.98 Å². The highest BCUT2D eigenvalue weighted by Crippen LogP contribution is 2.25. The van der Waals surface area contributed by atoms with Gasteiger partial charge in [0.05, 0.1) is 5.69 Å². The first-order chi connectivity index (χ1) is 15.2. The zero-order valence-electron chi connectivity index (χ0n) is 16.7. The zero-order valence-corrected chi connectivity index (χ0v) is 17.5. The molecule has 5 rings (SSSR count). The van der Waals surface area contributed by atoms with E-state index in [-0.39, 0.29) is 18.4 Å². The average molecular weight is 433 g/mol. The molecule has 1 saturated heterocycles. The minimum Gasteiger partial charge on any atom is -0.484 e. The lowest BCUT2D eigenvalue weighted by Crippen LogP contribution is -2.23. The number of rotatable bonds is 6. The van der Waals surface area contributed by atoms with Crippen molar-refractivity contribution in [2.24, 2.45) is 0 Å². The summed E-state index contributed by atoms with van der Waals surface area (Å²) in [6, 6.07) is 14.8. The molecule has 2 amide bonds. The molecule has 2 aromatic carbocycles. The van der Waals surface area contributed by atoms with Crippen LogP contribution < -0.4 is 15.0 Å². The summed E-state index contributed by atoms with van der Waals surface area (Å²) in [5.74, 6) is 0.487. The number of benzene rings is 2. The van der Waals surface area contributed by atoms with Gasteiger partial charge in [0.15, 0.2) is 11.6 Å². The van der Waals surface area contributed by atoms with Gasteiger partial charge in [-0.15, -0.1) is 11.3 Å². The van der Waals surface area contributed by atoms with E-state index < -0.39 is 0 Å². The topological polar surface area (TPSA) is 75.9 Å². The highest BCUT2D eigenvalue weighted by molar-refractivity contribution is 7.15. The third-order valence-electron chi connectivity index (χ3n) is 5.15.